The number of fused-ring (bicyclic) bond motifs is 1. The third kappa shape index (κ3) is 1.85. The molecule has 0 bridgehead atoms. The third-order valence-corrected chi connectivity index (χ3v) is 3.84. The van der Waals surface area contributed by atoms with Gasteiger partial charge in [0.05, 0.1) is 5.69 Å². The molecule has 82 valence electrons. The summed E-state index contributed by atoms with van der Waals surface area (Å²) in [6.45, 7) is 1.88. The second-order valence-electron chi connectivity index (χ2n) is 3.86. The third-order valence-electron chi connectivity index (χ3n) is 2.73. The van der Waals surface area contributed by atoms with Gasteiger partial charge in [-0.3, -0.25) is 4.31 Å². The van der Waals surface area contributed by atoms with Gasteiger partial charge in [0.2, 0.25) is 0 Å². The molecule has 5 heteroatoms. The molecule has 0 saturated heterocycles. The Morgan fingerprint density at radius 3 is 2.73 bits per heavy atom. The summed E-state index contributed by atoms with van der Waals surface area (Å²) < 4.78 is 24.2. The topological polar surface area (TPSA) is 63.4 Å². The number of hydrogen-bond donors (Lipinski definition) is 1. The van der Waals surface area contributed by atoms with Crippen LogP contribution in [-0.4, -0.2) is 14.5 Å². The lowest BCUT2D eigenvalue weighted by Gasteiger charge is -2.34. The molecular weight excluding hydrogens is 212 g/mol. The van der Waals surface area contributed by atoms with E-state index in [1.807, 2.05) is 25.1 Å². The zero-order chi connectivity index (χ0) is 11.1. The molecule has 15 heavy (non-hydrogen) atoms. The molecule has 2 N–H and O–H groups in total. The Morgan fingerprint density at radius 1 is 1.40 bits per heavy atom. The molecule has 0 saturated carbocycles. The van der Waals surface area contributed by atoms with E-state index >= 15 is 0 Å². The van der Waals surface area contributed by atoms with Gasteiger partial charge in [0.25, 0.3) is 10.2 Å². The Bertz CT molecular complexity index is 470. The van der Waals surface area contributed by atoms with Gasteiger partial charge in [0.15, 0.2) is 0 Å². The van der Waals surface area contributed by atoms with Crippen molar-refractivity contribution in [2.75, 3.05) is 4.31 Å². The number of anilines is 1. The maximum atomic E-state index is 11.5. The molecule has 0 aromatic heterocycles. The number of rotatable bonds is 1. The Kier molecular flexibility index (Phi) is 2.44. The zero-order valence-corrected chi connectivity index (χ0v) is 9.37. The van der Waals surface area contributed by atoms with E-state index in [-0.39, 0.29) is 6.04 Å². The van der Waals surface area contributed by atoms with Gasteiger partial charge in [-0.05, 0) is 31.4 Å². The number of aryl methyl sites for hydroxylation is 1. The highest BCUT2D eigenvalue weighted by atomic mass is 32.2. The first-order valence-electron chi connectivity index (χ1n) is 4.90. The smallest absolute Gasteiger partial charge is 0.255 e. The average Bonchev–Trinajstić information content (AvgIpc) is 2.15. The molecule has 0 radical (unpaired) electrons. The summed E-state index contributed by atoms with van der Waals surface area (Å²) in [6, 6.07) is 7.43. The maximum Gasteiger partial charge on any atom is 0.299 e. The molecule has 0 fully saturated rings. The molecule has 0 amide bonds. The van der Waals surface area contributed by atoms with Gasteiger partial charge in [-0.25, -0.2) is 5.14 Å². The molecule has 0 unspecified atom stereocenters. The van der Waals surface area contributed by atoms with Crippen LogP contribution < -0.4 is 9.44 Å². The molecule has 1 aromatic carbocycles. The fourth-order valence-corrected chi connectivity index (χ4v) is 3.10. The van der Waals surface area contributed by atoms with Crippen molar-refractivity contribution in [2.24, 2.45) is 5.14 Å². The van der Waals surface area contributed by atoms with Crippen molar-refractivity contribution in [1.82, 2.24) is 0 Å². The summed E-state index contributed by atoms with van der Waals surface area (Å²) in [5.74, 6) is 0. The first-order chi connectivity index (χ1) is 7.00. The van der Waals surface area contributed by atoms with Crippen molar-refractivity contribution < 1.29 is 8.42 Å². The van der Waals surface area contributed by atoms with Gasteiger partial charge in [-0.2, -0.15) is 8.42 Å². The summed E-state index contributed by atoms with van der Waals surface area (Å²) in [4.78, 5) is 0. The minimum absolute atomic E-state index is 0.0603. The molecule has 1 aliphatic heterocycles. The Labute approximate surface area is 89.9 Å². The van der Waals surface area contributed by atoms with E-state index in [1.54, 1.807) is 6.07 Å². The molecule has 1 atom stereocenters. The van der Waals surface area contributed by atoms with Crippen molar-refractivity contribution >= 4 is 15.9 Å². The summed E-state index contributed by atoms with van der Waals surface area (Å²) in [5, 5.41) is 5.21. The highest BCUT2D eigenvalue weighted by molar-refractivity contribution is 7.90. The van der Waals surface area contributed by atoms with Crippen LogP contribution in [0.1, 0.15) is 18.9 Å². The predicted molar refractivity (Wildman–Crippen MR) is 59.8 cm³/mol. The SMILES string of the molecule is C[C@H]1CCc2ccccc2N1S(N)(=O)=O. The molecule has 2 rings (SSSR count). The Morgan fingerprint density at radius 2 is 2.07 bits per heavy atom. The second-order valence-corrected chi connectivity index (χ2v) is 5.28. The van der Waals surface area contributed by atoms with Gasteiger partial charge in [0.1, 0.15) is 0 Å². The van der Waals surface area contributed by atoms with Crippen LogP contribution in [0.2, 0.25) is 0 Å². The largest absolute Gasteiger partial charge is 0.299 e. The fraction of sp³-hybridized carbons (Fsp3) is 0.400. The lowest BCUT2D eigenvalue weighted by molar-refractivity contribution is 0.564. The van der Waals surface area contributed by atoms with Crippen LogP contribution in [0.15, 0.2) is 24.3 Å². The van der Waals surface area contributed by atoms with Gasteiger partial charge in [0, 0.05) is 6.04 Å². The van der Waals surface area contributed by atoms with E-state index in [1.165, 1.54) is 4.31 Å². The molecular formula is C10H14N2O2S. The zero-order valence-electron chi connectivity index (χ0n) is 8.55. The number of hydrogen-bond acceptors (Lipinski definition) is 2. The van der Waals surface area contributed by atoms with E-state index in [9.17, 15) is 8.42 Å². The monoisotopic (exact) mass is 226 g/mol. The van der Waals surface area contributed by atoms with Crippen molar-refractivity contribution in [3.8, 4) is 0 Å². The van der Waals surface area contributed by atoms with Gasteiger partial charge in [-0.15, -0.1) is 0 Å². The van der Waals surface area contributed by atoms with Crippen LogP contribution in [0, 0.1) is 0 Å². The standard InChI is InChI=1S/C10H14N2O2S/c1-8-6-7-9-4-2-3-5-10(9)12(8)15(11,13)14/h2-5,8H,6-7H2,1H3,(H2,11,13,14)/t8-/m0/s1. The van der Waals surface area contributed by atoms with Gasteiger partial charge < -0.3 is 0 Å². The lowest BCUT2D eigenvalue weighted by atomic mass is 9.99. The van der Waals surface area contributed by atoms with Gasteiger partial charge >= 0.3 is 0 Å². The molecule has 1 heterocycles. The van der Waals surface area contributed by atoms with E-state index in [4.69, 9.17) is 5.14 Å². The van der Waals surface area contributed by atoms with Crippen molar-refractivity contribution in [1.29, 1.82) is 0 Å². The minimum atomic E-state index is -3.66. The van der Waals surface area contributed by atoms with Gasteiger partial charge in [-0.1, -0.05) is 18.2 Å². The number of benzene rings is 1. The van der Waals surface area contributed by atoms with Crippen molar-refractivity contribution in [3.05, 3.63) is 29.8 Å². The van der Waals surface area contributed by atoms with E-state index in [0.717, 1.165) is 24.1 Å². The molecule has 0 spiro atoms. The Balaban J connectivity index is 2.56. The quantitative estimate of drug-likeness (QED) is 0.777. The van der Waals surface area contributed by atoms with E-state index in [2.05, 4.69) is 0 Å². The predicted octanol–water partition coefficient (Wildman–Crippen LogP) is 1.03. The lowest BCUT2D eigenvalue weighted by Crippen LogP contribution is -2.45. The second kappa shape index (κ2) is 3.50. The summed E-state index contributed by atoms with van der Waals surface area (Å²) in [5.41, 5.74) is 1.77. The summed E-state index contributed by atoms with van der Waals surface area (Å²) in [6.07, 6.45) is 1.72. The minimum Gasteiger partial charge on any atom is -0.255 e. The molecule has 0 aliphatic carbocycles. The summed E-state index contributed by atoms with van der Waals surface area (Å²) in [7, 11) is -3.66. The number of para-hydroxylation sites is 1. The fourth-order valence-electron chi connectivity index (χ4n) is 2.04. The normalized spacial score (nSPS) is 21.2. The van der Waals surface area contributed by atoms with E-state index in [0.29, 0.717) is 0 Å². The maximum absolute atomic E-state index is 11.5. The van der Waals surface area contributed by atoms with Crippen molar-refractivity contribution in [3.63, 3.8) is 0 Å². The van der Waals surface area contributed by atoms with E-state index < -0.39 is 10.2 Å². The highest BCUT2D eigenvalue weighted by Crippen LogP contribution is 2.31. The van der Waals surface area contributed by atoms with Crippen LogP contribution in [0.4, 0.5) is 5.69 Å². The highest BCUT2D eigenvalue weighted by Gasteiger charge is 2.29. The van der Waals surface area contributed by atoms with Crippen LogP contribution >= 0.6 is 0 Å². The van der Waals surface area contributed by atoms with Crippen LogP contribution in [0.5, 0.6) is 0 Å². The molecule has 4 nitrogen and oxygen atoms in total. The van der Waals surface area contributed by atoms with Crippen LogP contribution in [-0.2, 0) is 16.6 Å². The summed E-state index contributed by atoms with van der Waals surface area (Å²) >= 11 is 0. The molecule has 1 aliphatic rings. The van der Waals surface area contributed by atoms with Crippen LogP contribution in [0.25, 0.3) is 0 Å². The average molecular weight is 226 g/mol. The molecule has 1 aromatic rings. The first kappa shape index (κ1) is 10.4. The van der Waals surface area contributed by atoms with Crippen LogP contribution in [0.3, 0.4) is 0 Å². The Hall–Kier alpha value is -1.07. The number of nitrogens with zero attached hydrogens (tertiary/aromatic N) is 1. The number of nitrogens with two attached hydrogens (primary N) is 1. The first-order valence-corrected chi connectivity index (χ1v) is 6.40. The van der Waals surface area contributed by atoms with Crippen molar-refractivity contribution in [2.45, 2.75) is 25.8 Å².